The van der Waals surface area contributed by atoms with Crippen LogP contribution in [0, 0.1) is 0 Å². The molecule has 0 aliphatic carbocycles. The molecule has 8 rings (SSSR count). The fourth-order valence-corrected chi connectivity index (χ4v) is 11.7. The first-order valence-electron chi connectivity index (χ1n) is 21.8. The van der Waals surface area contributed by atoms with Gasteiger partial charge in [0.2, 0.25) is 0 Å². The van der Waals surface area contributed by atoms with E-state index in [1.54, 1.807) is 16.5 Å². The number of hydrogen-bond donors (Lipinski definition) is 1. The van der Waals surface area contributed by atoms with Gasteiger partial charge >= 0.3 is 0 Å². The quantitative estimate of drug-likeness (QED) is 0.0607. The number of carbonyl (C=O) groups excluding carboxylic acids is 5. The van der Waals surface area contributed by atoms with E-state index in [1.165, 1.54) is 16.9 Å². The number of thiophene rings is 1. The molecule has 5 heterocycles. The first-order chi connectivity index (χ1) is 31.5. The maximum absolute atomic E-state index is 12.3. The molecule has 65 heavy (non-hydrogen) atoms. The second kappa shape index (κ2) is 20.2. The van der Waals surface area contributed by atoms with Crippen LogP contribution in [0.1, 0.15) is 89.6 Å². The van der Waals surface area contributed by atoms with Gasteiger partial charge in [0.1, 0.15) is 29.1 Å². The molecule has 0 radical (unpaired) electrons. The van der Waals surface area contributed by atoms with Gasteiger partial charge in [-0.1, -0.05) is 59.9 Å². The molecule has 3 aromatic carbocycles. The Balaban J connectivity index is 0.876. The first kappa shape index (κ1) is 45.9. The number of rotatable bonds is 19. The van der Waals surface area contributed by atoms with E-state index in [1.807, 2.05) is 66.8 Å². The van der Waals surface area contributed by atoms with Gasteiger partial charge in [0.15, 0.2) is 30.4 Å². The fraction of sp³-hybridized carbons (Fsp3) is 0.375. The zero-order chi connectivity index (χ0) is 45.7. The van der Waals surface area contributed by atoms with Crippen molar-refractivity contribution >= 4 is 100 Å². The number of nitrogens with one attached hydrogen (secondary N) is 1. The molecule has 17 heteroatoms. The number of ether oxygens (including phenoxy) is 1. The highest BCUT2D eigenvalue weighted by Gasteiger charge is 2.36. The number of likely N-dealkylation sites (N-methyl/N-ethyl adjacent to an activating group) is 1. The molecule has 2 aliphatic heterocycles. The molecule has 1 N–H and O–H groups in total. The summed E-state index contributed by atoms with van der Waals surface area (Å²) in [5.41, 5.74) is 5.12. The van der Waals surface area contributed by atoms with Crippen molar-refractivity contribution in [1.29, 1.82) is 0 Å². The van der Waals surface area contributed by atoms with E-state index in [2.05, 4.69) is 40.5 Å². The summed E-state index contributed by atoms with van der Waals surface area (Å²) in [7, 11) is 1.84. The molecule has 0 bridgehead atoms. The molecule has 14 nitrogen and oxygen atoms in total. The monoisotopic (exact) mass is 934 g/mol. The maximum atomic E-state index is 12.3. The fourth-order valence-electron chi connectivity index (χ4n) is 9.20. The van der Waals surface area contributed by atoms with E-state index in [9.17, 15) is 24.0 Å². The second-order valence-electron chi connectivity index (χ2n) is 17.1. The van der Waals surface area contributed by atoms with Crippen molar-refractivity contribution in [3.05, 3.63) is 93.7 Å². The SMILES string of the molecule is CN(c1ccc(C2CCN(c3cn4ncc(CSN5CCC(Nc6cccc(-c7sc(C=O)c(OCC=O)c7Cl)c6)CC5(C)C)nc4n3)CC2)c2cccc(C=O)c12)C(C=O)CCC=O. The first-order valence-corrected chi connectivity index (χ1v) is 23.9. The highest BCUT2D eigenvalue weighted by atomic mass is 35.5. The van der Waals surface area contributed by atoms with Gasteiger partial charge in [-0.25, -0.2) is 13.8 Å². The lowest BCUT2D eigenvalue weighted by Crippen LogP contribution is -2.49. The van der Waals surface area contributed by atoms with Gasteiger partial charge in [0.25, 0.3) is 5.78 Å². The molecule has 0 amide bonds. The summed E-state index contributed by atoms with van der Waals surface area (Å²) in [6, 6.07) is 17.7. The zero-order valence-electron chi connectivity index (χ0n) is 36.5. The molecule has 2 aliphatic rings. The number of aldehydes is 5. The van der Waals surface area contributed by atoms with Crippen molar-refractivity contribution in [3.8, 4) is 16.2 Å². The van der Waals surface area contributed by atoms with E-state index in [0.29, 0.717) is 50.9 Å². The zero-order valence-corrected chi connectivity index (χ0v) is 38.9. The van der Waals surface area contributed by atoms with Crippen LogP contribution in [0.4, 0.5) is 17.2 Å². The normalized spacial score (nSPS) is 17.2. The van der Waals surface area contributed by atoms with E-state index in [4.69, 9.17) is 31.4 Å². The number of halogens is 1. The molecule has 2 fully saturated rings. The van der Waals surface area contributed by atoms with Crippen LogP contribution in [-0.2, 0) is 20.1 Å². The van der Waals surface area contributed by atoms with E-state index in [0.717, 1.165) is 103 Å². The number of anilines is 3. The Morgan fingerprint density at radius 2 is 1.82 bits per heavy atom. The van der Waals surface area contributed by atoms with Crippen molar-refractivity contribution in [2.24, 2.45) is 0 Å². The van der Waals surface area contributed by atoms with Crippen molar-refractivity contribution in [2.75, 3.05) is 48.4 Å². The Kier molecular flexibility index (Phi) is 14.3. The van der Waals surface area contributed by atoms with Gasteiger partial charge in [-0.15, -0.1) is 11.3 Å². The Morgan fingerprint density at radius 3 is 2.55 bits per heavy atom. The average Bonchev–Trinajstić information content (AvgIpc) is 3.90. The molecule has 0 saturated carbocycles. The van der Waals surface area contributed by atoms with Gasteiger partial charge in [0.05, 0.1) is 34.8 Å². The van der Waals surface area contributed by atoms with Crippen LogP contribution in [0.15, 0.2) is 67.0 Å². The number of aromatic nitrogens is 4. The summed E-state index contributed by atoms with van der Waals surface area (Å²) in [5.74, 6) is 2.57. The summed E-state index contributed by atoms with van der Waals surface area (Å²) >= 11 is 9.63. The van der Waals surface area contributed by atoms with Crippen molar-refractivity contribution < 1.29 is 28.7 Å². The minimum atomic E-state index is -0.480. The van der Waals surface area contributed by atoms with Gasteiger partial charge < -0.3 is 29.4 Å². The predicted molar refractivity (Wildman–Crippen MR) is 258 cm³/mol. The lowest BCUT2D eigenvalue weighted by atomic mass is 9.85. The van der Waals surface area contributed by atoms with E-state index < -0.39 is 6.04 Å². The lowest BCUT2D eigenvalue weighted by Gasteiger charge is -2.45. The number of carbonyl (C=O) groups is 5. The van der Waals surface area contributed by atoms with Crippen LogP contribution in [0.5, 0.6) is 5.75 Å². The topological polar surface area (TPSA) is 159 Å². The number of fused-ring (bicyclic) bond motifs is 2. The van der Waals surface area contributed by atoms with Crippen LogP contribution >= 0.6 is 34.9 Å². The van der Waals surface area contributed by atoms with E-state index in [-0.39, 0.29) is 36.3 Å². The lowest BCUT2D eigenvalue weighted by molar-refractivity contribution is -0.110. The van der Waals surface area contributed by atoms with Crippen molar-refractivity contribution in [3.63, 3.8) is 0 Å². The average molecular weight is 936 g/mol. The van der Waals surface area contributed by atoms with Gasteiger partial charge in [-0.2, -0.15) is 10.1 Å². The Morgan fingerprint density at radius 1 is 1.00 bits per heavy atom. The Bertz CT molecular complexity index is 2720. The molecule has 6 aromatic rings. The Hall–Kier alpha value is -5.68. The number of piperidine rings is 2. The third-order valence-electron chi connectivity index (χ3n) is 12.5. The molecule has 3 aromatic heterocycles. The molecular formula is C48H51ClN8O6S2. The number of imidazole rings is 1. The number of hydrogen-bond acceptors (Lipinski definition) is 15. The predicted octanol–water partition coefficient (Wildman–Crippen LogP) is 8.73. The van der Waals surface area contributed by atoms with Gasteiger partial charge in [0, 0.05) is 67.0 Å². The summed E-state index contributed by atoms with van der Waals surface area (Å²) in [6.45, 7) is 6.82. The summed E-state index contributed by atoms with van der Waals surface area (Å²) < 4.78 is 9.64. The highest BCUT2D eigenvalue weighted by molar-refractivity contribution is 7.96. The summed E-state index contributed by atoms with van der Waals surface area (Å²) in [6.07, 6.45) is 12.0. The van der Waals surface area contributed by atoms with Crippen LogP contribution in [0.2, 0.25) is 5.02 Å². The van der Waals surface area contributed by atoms with Crippen LogP contribution in [-0.4, -0.2) is 106 Å². The Labute approximate surface area is 390 Å². The maximum Gasteiger partial charge on any atom is 0.252 e. The second-order valence-corrected chi connectivity index (χ2v) is 19.5. The molecular weight excluding hydrogens is 884 g/mol. The van der Waals surface area contributed by atoms with Crippen molar-refractivity contribution in [2.45, 2.75) is 81.7 Å². The smallest absolute Gasteiger partial charge is 0.252 e. The molecule has 0 spiro atoms. The van der Waals surface area contributed by atoms with Gasteiger partial charge in [-0.05, 0) is 86.6 Å². The number of benzene rings is 3. The molecule has 338 valence electrons. The van der Waals surface area contributed by atoms with Crippen LogP contribution < -0.4 is 19.9 Å². The highest BCUT2D eigenvalue weighted by Crippen LogP contribution is 2.46. The van der Waals surface area contributed by atoms with Crippen LogP contribution in [0.25, 0.3) is 27.0 Å². The summed E-state index contributed by atoms with van der Waals surface area (Å²) in [4.78, 5) is 73.0. The third-order valence-corrected chi connectivity index (χ3v) is 15.6. The third kappa shape index (κ3) is 9.81. The van der Waals surface area contributed by atoms with E-state index >= 15 is 0 Å². The standard InChI is InChI=1S/C48H51ClN8O6S2/c1-48(2)24-35(51-34-9-4-7-32(23-34)46-44(49)45(63-22-21-59)41(29-62)65-46)16-19-57(48)64-30-36-25-50-56-26-42(53-47(56)52-36)55-17-14-31(15-18-55)38-12-13-40(54(3)37(28-61)10-6-20-58)43-33(27-60)8-5-11-39(38)43/h4-5,7-9,11-13,20-21,23,25-29,31,35,37,51H,6,10,14-19,22,24,30H2,1-3H3. The van der Waals surface area contributed by atoms with Gasteiger partial charge in [-0.3, -0.25) is 14.4 Å². The molecule has 2 unspecified atom stereocenters. The molecule has 2 atom stereocenters. The van der Waals surface area contributed by atoms with Crippen LogP contribution in [0.3, 0.4) is 0 Å². The summed E-state index contributed by atoms with van der Waals surface area (Å²) in [5, 5.41) is 10.6. The number of nitrogens with zero attached hydrogens (tertiary/aromatic N) is 7. The van der Waals surface area contributed by atoms with Crippen molar-refractivity contribution in [1.82, 2.24) is 23.9 Å². The minimum Gasteiger partial charge on any atom is -0.483 e. The molecule has 2 saturated heterocycles. The minimum absolute atomic E-state index is 0.109. The largest absolute Gasteiger partial charge is 0.483 e.